The van der Waals surface area contributed by atoms with Crippen molar-refractivity contribution < 1.29 is 9.47 Å². The Kier molecular flexibility index (Phi) is 5.15. The van der Waals surface area contributed by atoms with Gasteiger partial charge in [-0.2, -0.15) is 0 Å². The third-order valence-corrected chi connectivity index (χ3v) is 3.30. The van der Waals surface area contributed by atoms with Gasteiger partial charge in [0.05, 0.1) is 24.6 Å². The minimum Gasteiger partial charge on any atom is -0.492 e. The zero-order valence-electron chi connectivity index (χ0n) is 11.7. The van der Waals surface area contributed by atoms with Crippen molar-refractivity contribution in [1.29, 1.82) is 0 Å². The lowest BCUT2D eigenvalue weighted by atomic mass is 10.1. The Morgan fingerprint density at radius 3 is 2.80 bits per heavy atom. The van der Waals surface area contributed by atoms with Crippen LogP contribution in [0.25, 0.3) is 6.08 Å². The van der Waals surface area contributed by atoms with E-state index in [1.807, 2.05) is 6.07 Å². The molecule has 1 aromatic carbocycles. The summed E-state index contributed by atoms with van der Waals surface area (Å²) in [5.74, 6) is 0.734. The van der Waals surface area contributed by atoms with E-state index in [1.54, 1.807) is 12.1 Å². The summed E-state index contributed by atoms with van der Waals surface area (Å²) in [7, 11) is 0. The van der Waals surface area contributed by atoms with E-state index in [1.165, 1.54) is 0 Å². The van der Waals surface area contributed by atoms with Gasteiger partial charge >= 0.3 is 0 Å². The highest BCUT2D eigenvalue weighted by atomic mass is 16.5. The second kappa shape index (κ2) is 7.07. The van der Waals surface area contributed by atoms with Gasteiger partial charge in [-0.1, -0.05) is 12.7 Å². The van der Waals surface area contributed by atoms with Crippen LogP contribution in [-0.4, -0.2) is 51.1 Å². The maximum Gasteiger partial charge on any atom is 0.122 e. The van der Waals surface area contributed by atoms with Crippen molar-refractivity contribution in [3.05, 3.63) is 24.3 Å². The van der Waals surface area contributed by atoms with Gasteiger partial charge in [-0.3, -0.25) is 9.89 Å². The van der Waals surface area contributed by atoms with Crippen molar-refractivity contribution in [3.63, 3.8) is 0 Å². The van der Waals surface area contributed by atoms with Crippen LogP contribution in [-0.2, 0) is 4.74 Å². The molecule has 0 radical (unpaired) electrons. The molecule has 2 N–H and O–H groups in total. The third kappa shape index (κ3) is 3.59. The molecule has 1 aromatic rings. The number of anilines is 1. The fourth-order valence-corrected chi connectivity index (χ4v) is 2.19. The maximum absolute atomic E-state index is 5.93. The summed E-state index contributed by atoms with van der Waals surface area (Å²) in [6, 6.07) is 3.66. The number of nitrogens with zero attached hydrogens (tertiary/aromatic N) is 2. The number of morpholine rings is 1. The second-order valence-corrected chi connectivity index (χ2v) is 4.62. The Morgan fingerprint density at radius 2 is 2.15 bits per heavy atom. The molecule has 0 saturated carbocycles. The summed E-state index contributed by atoms with van der Waals surface area (Å²) < 4.78 is 11.1. The van der Waals surface area contributed by atoms with E-state index in [9.17, 15) is 0 Å². The van der Waals surface area contributed by atoms with Crippen LogP contribution in [0, 0.1) is 0 Å². The number of rotatable bonds is 6. The highest BCUT2D eigenvalue weighted by Crippen LogP contribution is 2.32. The molecule has 0 bridgehead atoms. The summed E-state index contributed by atoms with van der Waals surface area (Å²) in [4.78, 5) is 6.23. The molecule has 20 heavy (non-hydrogen) atoms. The molecule has 0 aromatic heterocycles. The Balaban J connectivity index is 1.93. The fourth-order valence-electron chi connectivity index (χ4n) is 2.19. The predicted molar refractivity (Wildman–Crippen MR) is 82.9 cm³/mol. The first-order chi connectivity index (χ1) is 9.74. The number of nitrogens with two attached hydrogens (primary N) is 1. The van der Waals surface area contributed by atoms with Gasteiger partial charge in [0.2, 0.25) is 0 Å². The molecule has 0 spiro atoms. The van der Waals surface area contributed by atoms with Crippen LogP contribution >= 0.6 is 0 Å². The molecule has 0 aliphatic carbocycles. The number of ether oxygens (including phenoxy) is 2. The molecule has 108 valence electrons. The van der Waals surface area contributed by atoms with E-state index in [4.69, 9.17) is 15.2 Å². The van der Waals surface area contributed by atoms with E-state index < -0.39 is 0 Å². The molecule has 5 heteroatoms. The first-order valence-corrected chi connectivity index (χ1v) is 6.70. The number of nitrogen functional groups attached to an aromatic ring is 1. The monoisotopic (exact) mass is 275 g/mol. The average molecular weight is 275 g/mol. The lowest BCUT2D eigenvalue weighted by Crippen LogP contribution is -2.38. The van der Waals surface area contributed by atoms with Crippen molar-refractivity contribution in [3.8, 4) is 5.75 Å². The maximum atomic E-state index is 5.93. The van der Waals surface area contributed by atoms with Crippen LogP contribution in [0.2, 0.25) is 0 Å². The molecule has 1 aliphatic heterocycles. The van der Waals surface area contributed by atoms with Crippen LogP contribution in [0.1, 0.15) is 5.56 Å². The lowest BCUT2D eigenvalue weighted by Gasteiger charge is -2.26. The highest BCUT2D eigenvalue weighted by Gasteiger charge is 2.10. The highest BCUT2D eigenvalue weighted by molar-refractivity contribution is 5.78. The molecule has 0 atom stereocenters. The van der Waals surface area contributed by atoms with Crippen molar-refractivity contribution in [1.82, 2.24) is 4.90 Å². The smallest absolute Gasteiger partial charge is 0.122 e. The first-order valence-electron chi connectivity index (χ1n) is 6.70. The molecular formula is C15H21N3O2. The Bertz CT molecular complexity index is 482. The van der Waals surface area contributed by atoms with Gasteiger partial charge in [0.15, 0.2) is 0 Å². The number of aliphatic imine (C=N–C) groups is 1. The van der Waals surface area contributed by atoms with Gasteiger partial charge in [-0.05, 0) is 12.8 Å². The van der Waals surface area contributed by atoms with Crippen LogP contribution in [0.15, 0.2) is 23.7 Å². The standard InChI is InChI=1S/C15H21N3O2/c1-3-12-10-13(11-14(16)15(12)17-2)20-9-6-18-4-7-19-8-5-18/h3,10-11H,1-2,4-9,16H2. The van der Waals surface area contributed by atoms with E-state index in [2.05, 4.69) is 23.2 Å². The van der Waals surface area contributed by atoms with Crippen molar-refractivity contribution in [2.75, 3.05) is 45.2 Å². The summed E-state index contributed by atoms with van der Waals surface area (Å²) in [5, 5.41) is 0. The Labute approximate surface area is 119 Å². The molecular weight excluding hydrogens is 254 g/mol. The van der Waals surface area contributed by atoms with Crippen LogP contribution in [0.5, 0.6) is 5.75 Å². The largest absolute Gasteiger partial charge is 0.492 e. The third-order valence-electron chi connectivity index (χ3n) is 3.30. The second-order valence-electron chi connectivity index (χ2n) is 4.62. The van der Waals surface area contributed by atoms with Gasteiger partial charge in [-0.15, -0.1) is 0 Å². The van der Waals surface area contributed by atoms with Crippen molar-refractivity contribution >= 4 is 24.2 Å². The molecule has 1 aliphatic rings. The summed E-state index contributed by atoms with van der Waals surface area (Å²) in [5.41, 5.74) is 7.98. The molecule has 1 fully saturated rings. The lowest BCUT2D eigenvalue weighted by molar-refractivity contribution is 0.0322. The van der Waals surface area contributed by atoms with E-state index in [0.29, 0.717) is 18.0 Å². The molecule has 0 amide bonds. The number of hydrogen-bond donors (Lipinski definition) is 1. The SMILES string of the molecule is C=Cc1cc(OCCN2CCOCC2)cc(N)c1N=C. The van der Waals surface area contributed by atoms with E-state index in [-0.39, 0.29) is 0 Å². The summed E-state index contributed by atoms with van der Waals surface area (Å²) in [6.45, 7) is 12.3. The Hall–Kier alpha value is -1.85. The van der Waals surface area contributed by atoms with Gasteiger partial charge in [0, 0.05) is 31.3 Å². The fraction of sp³-hybridized carbons (Fsp3) is 0.400. The van der Waals surface area contributed by atoms with Crippen LogP contribution in [0.3, 0.4) is 0 Å². The Morgan fingerprint density at radius 1 is 1.40 bits per heavy atom. The molecule has 5 nitrogen and oxygen atoms in total. The quantitative estimate of drug-likeness (QED) is 0.637. The van der Waals surface area contributed by atoms with Crippen LogP contribution < -0.4 is 10.5 Å². The van der Waals surface area contributed by atoms with Crippen LogP contribution in [0.4, 0.5) is 11.4 Å². The molecule has 2 rings (SSSR count). The normalized spacial score (nSPS) is 15.8. The summed E-state index contributed by atoms with van der Waals surface area (Å²) in [6.07, 6.45) is 1.70. The van der Waals surface area contributed by atoms with E-state index in [0.717, 1.165) is 44.2 Å². The predicted octanol–water partition coefficient (Wildman–Crippen LogP) is 1.95. The van der Waals surface area contributed by atoms with Gasteiger partial charge in [-0.25, -0.2) is 0 Å². The van der Waals surface area contributed by atoms with Crippen molar-refractivity contribution in [2.24, 2.45) is 4.99 Å². The number of benzene rings is 1. The molecule has 1 heterocycles. The molecule has 1 saturated heterocycles. The van der Waals surface area contributed by atoms with Gasteiger partial charge < -0.3 is 15.2 Å². The minimum atomic E-state index is 0.554. The summed E-state index contributed by atoms with van der Waals surface area (Å²) >= 11 is 0. The average Bonchev–Trinajstić information content (AvgIpc) is 2.47. The number of hydrogen-bond acceptors (Lipinski definition) is 5. The zero-order chi connectivity index (χ0) is 14.4. The van der Waals surface area contributed by atoms with Gasteiger partial charge in [0.1, 0.15) is 12.4 Å². The van der Waals surface area contributed by atoms with Crippen molar-refractivity contribution in [2.45, 2.75) is 0 Å². The van der Waals surface area contributed by atoms with E-state index >= 15 is 0 Å². The van der Waals surface area contributed by atoms with Gasteiger partial charge in [0.25, 0.3) is 0 Å². The topological polar surface area (TPSA) is 60.1 Å². The zero-order valence-corrected chi connectivity index (χ0v) is 11.7. The minimum absolute atomic E-state index is 0.554. The first kappa shape index (κ1) is 14.6. The molecule has 0 unspecified atom stereocenters.